The number of benzene rings is 2. The van der Waals surface area contributed by atoms with E-state index < -0.39 is 58.0 Å². The molecule has 1 fully saturated rings. The van der Waals surface area contributed by atoms with Crippen molar-refractivity contribution in [1.82, 2.24) is 14.7 Å². The number of aromatic hydroxyl groups is 1. The summed E-state index contributed by atoms with van der Waals surface area (Å²) in [5.74, 6) is -5.99. The van der Waals surface area contributed by atoms with Crippen LogP contribution in [0.1, 0.15) is 27.9 Å². The summed E-state index contributed by atoms with van der Waals surface area (Å²) >= 11 is 0. The first kappa shape index (κ1) is 31.7. The smallest absolute Gasteiger partial charge is 0.255 e. The summed E-state index contributed by atoms with van der Waals surface area (Å²) in [6.07, 6.45) is 0.232. The molecule has 0 spiro atoms. The van der Waals surface area contributed by atoms with E-state index in [1.807, 2.05) is 18.2 Å². The molecule has 3 aliphatic carbocycles. The zero-order valence-corrected chi connectivity index (χ0v) is 26.4. The van der Waals surface area contributed by atoms with E-state index in [1.165, 1.54) is 11.0 Å². The molecule has 4 atom stereocenters. The Labute approximate surface area is 267 Å². The predicted molar refractivity (Wildman–Crippen MR) is 168 cm³/mol. The van der Waals surface area contributed by atoms with Gasteiger partial charge < -0.3 is 35.8 Å². The van der Waals surface area contributed by atoms with Gasteiger partial charge >= 0.3 is 0 Å². The lowest BCUT2D eigenvalue weighted by Gasteiger charge is -2.50. The highest BCUT2D eigenvalue weighted by Crippen LogP contribution is 2.53. The molecule has 1 saturated heterocycles. The lowest BCUT2D eigenvalue weighted by atomic mass is 9.58. The largest absolute Gasteiger partial charge is 0.510 e. The van der Waals surface area contributed by atoms with Crippen LogP contribution in [0.5, 0.6) is 11.5 Å². The molecule has 2 aromatic rings. The number of carbonyl (C=O) groups excluding carboxylic acids is 3. The van der Waals surface area contributed by atoms with Gasteiger partial charge in [0.05, 0.1) is 18.7 Å². The number of phenolic OH excluding ortho intramolecular Hbond substituents is 1. The van der Waals surface area contributed by atoms with E-state index in [4.69, 9.17) is 10.5 Å². The summed E-state index contributed by atoms with van der Waals surface area (Å²) in [6, 6.07) is 7.97. The number of nitrogens with zero attached hydrogens (tertiary/aromatic N) is 3. The lowest BCUT2D eigenvalue weighted by Crippen LogP contribution is -2.63. The van der Waals surface area contributed by atoms with Gasteiger partial charge in [-0.15, -0.1) is 0 Å². The van der Waals surface area contributed by atoms with Crippen LogP contribution in [-0.4, -0.2) is 119 Å². The standard InChI is InChI=1S/C34H40N4O8/c1-36(2)28-22-15-18-14-21-20(17-5-8-24(46-4)19(13-17)16-38-11-9-37(3)10-12-38)6-7-23(39)26(21)29(40)25(18)31(42)34(22,45)32(43)27(30(28)41)33(35)44/h5-8,13,18,22,28,39,41-42,45H,9-12,14-16H2,1-4H3,(H2,35,44)/t18-,22-,28-,34-/m1/s1. The zero-order chi connectivity index (χ0) is 33.2. The second-order valence-corrected chi connectivity index (χ2v) is 13.1. The Bertz CT molecular complexity index is 1710. The maximum absolute atomic E-state index is 14.1. The van der Waals surface area contributed by atoms with Gasteiger partial charge in [-0.2, -0.15) is 0 Å². The number of phenols is 1. The highest BCUT2D eigenvalue weighted by Gasteiger charge is 2.63. The number of fused-ring (bicyclic) bond motifs is 3. The SMILES string of the molecule is COc1ccc(-c2ccc(O)c3c2C[C@@H]2C[C@@H]4[C@@H](N(C)C)C(O)=C(C(N)=O)C(=O)[C@]4(O)C(O)=C2C3=O)cc1CN1CCN(C)CC1. The molecule has 12 heteroatoms. The van der Waals surface area contributed by atoms with Crippen LogP contribution in [0, 0.1) is 11.8 Å². The topological polar surface area (TPSA) is 177 Å². The third-order valence-corrected chi connectivity index (χ3v) is 10.2. The maximum Gasteiger partial charge on any atom is 0.255 e. The van der Waals surface area contributed by atoms with Crippen molar-refractivity contribution < 1.29 is 39.5 Å². The molecular formula is C34H40N4O8. The third-order valence-electron chi connectivity index (χ3n) is 10.2. The molecule has 46 heavy (non-hydrogen) atoms. The Morgan fingerprint density at radius 1 is 1.09 bits per heavy atom. The minimum atomic E-state index is -2.67. The average Bonchev–Trinajstić information content (AvgIpc) is 3.00. The van der Waals surface area contributed by atoms with Gasteiger partial charge in [-0.1, -0.05) is 12.1 Å². The number of primary amides is 1. The number of amides is 1. The first-order chi connectivity index (χ1) is 21.8. The number of hydrogen-bond acceptors (Lipinski definition) is 11. The number of likely N-dealkylation sites (N-methyl/N-ethyl adjacent to an activating group) is 2. The Balaban J connectivity index is 1.45. The van der Waals surface area contributed by atoms with Gasteiger partial charge in [-0.05, 0) is 74.8 Å². The number of Topliss-reactive ketones (excluding diaryl/α,β-unsaturated/α-hetero) is 2. The van der Waals surface area contributed by atoms with Crippen molar-refractivity contribution in [2.45, 2.75) is 31.0 Å². The molecule has 0 unspecified atom stereocenters. The fourth-order valence-corrected chi connectivity index (χ4v) is 7.84. The highest BCUT2D eigenvalue weighted by atomic mass is 16.5. The molecule has 1 amide bonds. The van der Waals surface area contributed by atoms with Crippen LogP contribution in [0.4, 0.5) is 0 Å². The van der Waals surface area contributed by atoms with Crippen molar-refractivity contribution in [3.63, 3.8) is 0 Å². The number of carbonyl (C=O) groups is 3. The van der Waals surface area contributed by atoms with Gasteiger partial charge in [-0.25, -0.2) is 0 Å². The van der Waals surface area contributed by atoms with E-state index >= 15 is 0 Å². The van der Waals surface area contributed by atoms with Crippen molar-refractivity contribution >= 4 is 17.5 Å². The van der Waals surface area contributed by atoms with E-state index in [2.05, 4.69) is 16.8 Å². The molecule has 1 aliphatic heterocycles. The Morgan fingerprint density at radius 3 is 2.41 bits per heavy atom. The molecule has 1 heterocycles. The Kier molecular flexibility index (Phi) is 7.96. The van der Waals surface area contributed by atoms with Gasteiger partial charge in [0.25, 0.3) is 5.91 Å². The van der Waals surface area contributed by atoms with Crippen molar-refractivity contribution in [3.8, 4) is 22.6 Å². The monoisotopic (exact) mass is 632 g/mol. The van der Waals surface area contributed by atoms with Crippen molar-refractivity contribution in [1.29, 1.82) is 0 Å². The van der Waals surface area contributed by atoms with Crippen LogP contribution < -0.4 is 10.5 Å². The van der Waals surface area contributed by atoms with E-state index in [1.54, 1.807) is 27.3 Å². The van der Waals surface area contributed by atoms with E-state index in [0.29, 0.717) is 12.1 Å². The fraction of sp³-hybridized carbons (Fsp3) is 0.441. The minimum Gasteiger partial charge on any atom is -0.510 e. The molecule has 0 bridgehead atoms. The number of hydrogen-bond donors (Lipinski definition) is 5. The third kappa shape index (κ3) is 4.79. The molecule has 0 radical (unpaired) electrons. The van der Waals surface area contributed by atoms with Crippen LogP contribution in [-0.2, 0) is 22.6 Å². The average molecular weight is 633 g/mol. The van der Waals surface area contributed by atoms with Gasteiger partial charge in [0.15, 0.2) is 11.4 Å². The summed E-state index contributed by atoms with van der Waals surface area (Å²) in [6.45, 7) is 4.45. The second kappa shape index (κ2) is 11.5. The Hall–Kier alpha value is -4.23. The number of aliphatic hydroxyl groups excluding tert-OH is 2. The first-order valence-corrected chi connectivity index (χ1v) is 15.4. The molecule has 6 rings (SSSR count). The number of allylic oxidation sites excluding steroid dienone is 1. The molecule has 4 aliphatic rings. The van der Waals surface area contributed by atoms with Crippen LogP contribution in [0.25, 0.3) is 11.1 Å². The molecule has 6 N–H and O–H groups in total. The number of methoxy groups -OCH3 is 1. The number of ketones is 2. The van der Waals surface area contributed by atoms with Crippen LogP contribution in [0.2, 0.25) is 0 Å². The second-order valence-electron chi connectivity index (χ2n) is 13.1. The van der Waals surface area contributed by atoms with Gasteiger partial charge in [0.2, 0.25) is 5.78 Å². The maximum atomic E-state index is 14.1. The van der Waals surface area contributed by atoms with Gasteiger partial charge in [0, 0.05) is 49.8 Å². The number of piperazine rings is 1. The lowest BCUT2D eigenvalue weighted by molar-refractivity contribution is -0.148. The zero-order valence-electron chi connectivity index (χ0n) is 26.4. The van der Waals surface area contributed by atoms with Gasteiger partial charge in [0.1, 0.15) is 28.6 Å². The normalized spacial score (nSPS) is 27.0. The van der Waals surface area contributed by atoms with Crippen molar-refractivity contribution in [2.24, 2.45) is 17.6 Å². The first-order valence-electron chi connectivity index (χ1n) is 15.4. The molecule has 12 nitrogen and oxygen atoms in total. The fourth-order valence-electron chi connectivity index (χ4n) is 7.84. The molecule has 0 aromatic heterocycles. The van der Waals surface area contributed by atoms with Crippen molar-refractivity contribution in [2.75, 3.05) is 54.4 Å². The predicted octanol–water partition coefficient (Wildman–Crippen LogP) is 1.54. The van der Waals surface area contributed by atoms with Crippen molar-refractivity contribution in [3.05, 3.63) is 69.7 Å². The van der Waals surface area contributed by atoms with E-state index in [9.17, 15) is 34.8 Å². The Morgan fingerprint density at radius 2 is 1.78 bits per heavy atom. The minimum absolute atomic E-state index is 0.0188. The summed E-state index contributed by atoms with van der Waals surface area (Å²) in [5.41, 5.74) is 4.83. The number of ether oxygens (including phenoxy) is 1. The van der Waals surface area contributed by atoms with E-state index in [-0.39, 0.29) is 29.7 Å². The number of nitrogens with two attached hydrogens (primary N) is 1. The van der Waals surface area contributed by atoms with Crippen LogP contribution in [0.3, 0.4) is 0 Å². The summed E-state index contributed by atoms with van der Waals surface area (Å²) < 4.78 is 5.69. The van der Waals surface area contributed by atoms with Crippen LogP contribution in [0.15, 0.2) is 53.0 Å². The summed E-state index contributed by atoms with van der Waals surface area (Å²) in [7, 11) is 6.94. The van der Waals surface area contributed by atoms with Crippen LogP contribution >= 0.6 is 0 Å². The molecule has 0 saturated carbocycles. The molecular weight excluding hydrogens is 592 g/mol. The number of rotatable bonds is 6. The van der Waals surface area contributed by atoms with E-state index in [0.717, 1.165) is 48.6 Å². The molecule has 244 valence electrons. The molecule has 2 aromatic carbocycles. The summed E-state index contributed by atoms with van der Waals surface area (Å²) in [5, 5.41) is 45.4. The highest BCUT2D eigenvalue weighted by molar-refractivity contribution is 6.24. The van der Waals surface area contributed by atoms with Gasteiger partial charge in [-0.3, -0.25) is 24.2 Å². The quantitative estimate of drug-likeness (QED) is 0.292. The summed E-state index contributed by atoms with van der Waals surface area (Å²) in [4.78, 5) is 46.1. The number of aliphatic hydroxyl groups is 3.